The van der Waals surface area contributed by atoms with Gasteiger partial charge in [0.1, 0.15) is 0 Å². The standard InChI is InChI=1S/C19H20N2O4/c22-17(20-10-12-21(13-11-20)18(23)19(24)25)16-8-6-15(7-9-16)14-4-2-1-3-5-14/h1-9,19,24-25H,10-13H2. The summed E-state index contributed by atoms with van der Waals surface area (Å²) >= 11 is 0. The molecule has 0 radical (unpaired) electrons. The van der Waals surface area contributed by atoms with E-state index in [9.17, 15) is 9.59 Å². The maximum Gasteiger partial charge on any atom is 0.279 e. The highest BCUT2D eigenvalue weighted by atomic mass is 16.5. The number of benzene rings is 2. The fourth-order valence-electron chi connectivity index (χ4n) is 2.91. The Kier molecular flexibility index (Phi) is 5.11. The Labute approximate surface area is 145 Å². The minimum absolute atomic E-state index is 0.0868. The van der Waals surface area contributed by atoms with Gasteiger partial charge in [-0.2, -0.15) is 0 Å². The lowest BCUT2D eigenvalue weighted by Gasteiger charge is -2.35. The Balaban J connectivity index is 1.63. The summed E-state index contributed by atoms with van der Waals surface area (Å²) in [6, 6.07) is 17.4. The van der Waals surface area contributed by atoms with E-state index in [-0.39, 0.29) is 5.91 Å². The summed E-state index contributed by atoms with van der Waals surface area (Å²) < 4.78 is 0. The Morgan fingerprint density at radius 1 is 0.760 bits per heavy atom. The first kappa shape index (κ1) is 17.1. The first-order valence-corrected chi connectivity index (χ1v) is 8.16. The summed E-state index contributed by atoms with van der Waals surface area (Å²) in [4.78, 5) is 27.1. The summed E-state index contributed by atoms with van der Waals surface area (Å²) in [6.07, 6.45) is -1.99. The van der Waals surface area contributed by atoms with E-state index >= 15 is 0 Å². The molecule has 2 aromatic rings. The van der Waals surface area contributed by atoms with Gasteiger partial charge in [-0.1, -0.05) is 42.5 Å². The van der Waals surface area contributed by atoms with Gasteiger partial charge < -0.3 is 20.0 Å². The van der Waals surface area contributed by atoms with Crippen molar-refractivity contribution < 1.29 is 19.8 Å². The molecule has 1 fully saturated rings. The molecular weight excluding hydrogens is 320 g/mol. The topological polar surface area (TPSA) is 81.1 Å². The molecule has 0 aliphatic carbocycles. The maximum atomic E-state index is 12.6. The van der Waals surface area contributed by atoms with E-state index in [2.05, 4.69) is 0 Å². The highest BCUT2D eigenvalue weighted by Crippen LogP contribution is 2.20. The molecule has 0 saturated carbocycles. The van der Waals surface area contributed by atoms with Crippen molar-refractivity contribution in [1.29, 1.82) is 0 Å². The molecule has 1 saturated heterocycles. The number of hydrogen-bond donors (Lipinski definition) is 2. The second kappa shape index (κ2) is 7.46. The zero-order valence-electron chi connectivity index (χ0n) is 13.7. The van der Waals surface area contributed by atoms with E-state index < -0.39 is 12.2 Å². The number of rotatable bonds is 3. The molecule has 0 spiro atoms. The lowest BCUT2D eigenvalue weighted by molar-refractivity contribution is -0.160. The van der Waals surface area contributed by atoms with E-state index in [4.69, 9.17) is 10.2 Å². The molecule has 3 rings (SSSR count). The molecule has 1 aliphatic heterocycles. The predicted octanol–water partition coefficient (Wildman–Crippen LogP) is 0.949. The summed E-state index contributed by atoms with van der Waals surface area (Å²) in [7, 11) is 0. The molecule has 6 nitrogen and oxygen atoms in total. The van der Waals surface area contributed by atoms with Crippen LogP contribution in [0.5, 0.6) is 0 Å². The van der Waals surface area contributed by atoms with Crippen molar-refractivity contribution in [3.05, 3.63) is 60.2 Å². The lowest BCUT2D eigenvalue weighted by Crippen LogP contribution is -2.52. The number of amides is 2. The van der Waals surface area contributed by atoms with Gasteiger partial charge in [0.05, 0.1) is 0 Å². The molecule has 1 aliphatic rings. The van der Waals surface area contributed by atoms with Crippen LogP contribution in [0.25, 0.3) is 11.1 Å². The molecule has 130 valence electrons. The van der Waals surface area contributed by atoms with Crippen molar-refractivity contribution >= 4 is 11.8 Å². The first-order valence-electron chi connectivity index (χ1n) is 8.16. The van der Waals surface area contributed by atoms with Crippen LogP contribution in [0.15, 0.2) is 54.6 Å². The molecule has 2 aromatic carbocycles. The maximum absolute atomic E-state index is 12.6. The molecular formula is C19H20N2O4. The Morgan fingerprint density at radius 3 is 1.84 bits per heavy atom. The van der Waals surface area contributed by atoms with Gasteiger partial charge in [-0.25, -0.2) is 0 Å². The van der Waals surface area contributed by atoms with E-state index in [0.29, 0.717) is 31.7 Å². The summed E-state index contributed by atoms with van der Waals surface area (Å²) in [5.74, 6) is -0.810. The Bertz CT molecular complexity index is 736. The number of piperazine rings is 1. The average Bonchev–Trinajstić information content (AvgIpc) is 2.67. The van der Waals surface area contributed by atoms with Gasteiger partial charge >= 0.3 is 0 Å². The number of aliphatic hydroxyl groups is 2. The van der Waals surface area contributed by atoms with Crippen LogP contribution >= 0.6 is 0 Å². The minimum Gasteiger partial charge on any atom is -0.361 e. The van der Waals surface area contributed by atoms with Gasteiger partial charge in [0.2, 0.25) is 6.29 Å². The van der Waals surface area contributed by atoms with Crippen LogP contribution in [0.2, 0.25) is 0 Å². The Morgan fingerprint density at radius 2 is 1.28 bits per heavy atom. The third-order valence-corrected chi connectivity index (χ3v) is 4.34. The van der Waals surface area contributed by atoms with E-state index in [1.165, 1.54) is 4.90 Å². The quantitative estimate of drug-likeness (QED) is 0.815. The normalized spacial score (nSPS) is 14.7. The van der Waals surface area contributed by atoms with Crippen molar-refractivity contribution in [3.8, 4) is 11.1 Å². The zero-order valence-corrected chi connectivity index (χ0v) is 13.7. The molecule has 2 N–H and O–H groups in total. The van der Waals surface area contributed by atoms with Crippen LogP contribution in [-0.4, -0.2) is 64.3 Å². The van der Waals surface area contributed by atoms with Crippen LogP contribution in [0.1, 0.15) is 10.4 Å². The monoisotopic (exact) mass is 340 g/mol. The van der Waals surface area contributed by atoms with Crippen LogP contribution in [0, 0.1) is 0 Å². The lowest BCUT2D eigenvalue weighted by atomic mass is 10.0. The van der Waals surface area contributed by atoms with Gasteiger partial charge in [-0.3, -0.25) is 9.59 Å². The number of carbonyl (C=O) groups excluding carboxylic acids is 2. The molecule has 1 heterocycles. The predicted molar refractivity (Wildman–Crippen MR) is 92.6 cm³/mol. The van der Waals surface area contributed by atoms with Gasteiger partial charge in [0, 0.05) is 31.7 Å². The zero-order chi connectivity index (χ0) is 17.8. The van der Waals surface area contributed by atoms with Crippen LogP contribution < -0.4 is 0 Å². The summed E-state index contributed by atoms with van der Waals surface area (Å²) in [5.41, 5.74) is 2.74. The highest BCUT2D eigenvalue weighted by Gasteiger charge is 2.27. The van der Waals surface area contributed by atoms with E-state index in [1.54, 1.807) is 17.0 Å². The Hall–Kier alpha value is -2.70. The fourth-order valence-corrected chi connectivity index (χ4v) is 2.91. The smallest absolute Gasteiger partial charge is 0.279 e. The first-order chi connectivity index (χ1) is 12.1. The van der Waals surface area contributed by atoms with E-state index in [1.807, 2.05) is 42.5 Å². The van der Waals surface area contributed by atoms with Crippen molar-refractivity contribution in [3.63, 3.8) is 0 Å². The van der Waals surface area contributed by atoms with Crippen molar-refractivity contribution in [2.24, 2.45) is 0 Å². The van der Waals surface area contributed by atoms with Gasteiger partial charge in [-0.05, 0) is 23.3 Å². The number of aliphatic hydroxyl groups excluding tert-OH is 1. The van der Waals surface area contributed by atoms with Crippen molar-refractivity contribution in [1.82, 2.24) is 9.80 Å². The van der Waals surface area contributed by atoms with Gasteiger partial charge in [-0.15, -0.1) is 0 Å². The van der Waals surface area contributed by atoms with Crippen molar-refractivity contribution in [2.45, 2.75) is 6.29 Å². The number of carbonyl (C=O) groups is 2. The second-order valence-electron chi connectivity index (χ2n) is 5.93. The largest absolute Gasteiger partial charge is 0.361 e. The molecule has 0 unspecified atom stereocenters. The molecule has 0 bridgehead atoms. The van der Waals surface area contributed by atoms with Crippen LogP contribution in [0.4, 0.5) is 0 Å². The minimum atomic E-state index is -1.99. The number of nitrogens with zero attached hydrogens (tertiary/aromatic N) is 2. The summed E-state index contributed by atoms with van der Waals surface area (Å²) in [5, 5.41) is 17.9. The van der Waals surface area contributed by atoms with Crippen molar-refractivity contribution in [2.75, 3.05) is 26.2 Å². The molecule has 25 heavy (non-hydrogen) atoms. The molecule has 2 amide bonds. The van der Waals surface area contributed by atoms with Crippen LogP contribution in [0.3, 0.4) is 0 Å². The van der Waals surface area contributed by atoms with E-state index in [0.717, 1.165) is 11.1 Å². The number of hydrogen-bond acceptors (Lipinski definition) is 4. The van der Waals surface area contributed by atoms with Gasteiger partial charge in [0.15, 0.2) is 0 Å². The summed E-state index contributed by atoms with van der Waals surface area (Å²) in [6.45, 7) is 1.34. The third-order valence-electron chi connectivity index (χ3n) is 4.34. The molecule has 0 aromatic heterocycles. The molecule has 6 heteroatoms. The van der Waals surface area contributed by atoms with Gasteiger partial charge in [0.25, 0.3) is 11.8 Å². The fraction of sp³-hybridized carbons (Fsp3) is 0.263. The average molecular weight is 340 g/mol. The molecule has 0 atom stereocenters. The second-order valence-corrected chi connectivity index (χ2v) is 5.93. The highest BCUT2D eigenvalue weighted by molar-refractivity contribution is 5.95. The third kappa shape index (κ3) is 3.87. The van der Waals surface area contributed by atoms with Crippen LogP contribution in [-0.2, 0) is 4.79 Å². The SMILES string of the molecule is O=C(c1ccc(-c2ccccc2)cc1)N1CCN(C(=O)C(O)O)CC1.